The second-order valence-electron chi connectivity index (χ2n) is 8.70. The summed E-state index contributed by atoms with van der Waals surface area (Å²) in [7, 11) is -14.5. The van der Waals surface area contributed by atoms with Gasteiger partial charge in [0.1, 0.15) is 9.79 Å². The molecule has 1 radical (unpaired) electrons. The van der Waals surface area contributed by atoms with E-state index in [0.717, 1.165) is 18.2 Å². The van der Waals surface area contributed by atoms with Gasteiger partial charge >= 0.3 is 0 Å². The van der Waals surface area contributed by atoms with Gasteiger partial charge in [-0.25, -0.2) is 0 Å². The molecule has 203 valence electrons. The van der Waals surface area contributed by atoms with Crippen LogP contribution < -0.4 is 5.32 Å². The topological polar surface area (TPSA) is 192 Å². The molecule has 3 aromatic carbocycles. The molecule has 1 amide bonds. The standard InChI is InChI=1S/C24H24NO10S3/c1-12-8-15(4)24(38(33,34)35)23(21-13(2)9-18(10-14(21)3)36(27,28)29)22(12)19-11-17(25-16(5)26)6-7-20(19)37(30,31)32/h6-7,9-11H,1-5H3,(H,25,26)(H,27,28,29)(H,30,31,32)(H,33,34,35). The highest BCUT2D eigenvalue weighted by atomic mass is 32.2. The molecule has 0 heterocycles. The fraction of sp³-hybridized carbons (Fsp3) is 0.208. The van der Waals surface area contributed by atoms with Crippen molar-refractivity contribution in [3.63, 3.8) is 0 Å². The summed E-state index contributed by atoms with van der Waals surface area (Å²) < 4.78 is 103. The van der Waals surface area contributed by atoms with Crippen LogP contribution in [0.15, 0.2) is 45.0 Å². The molecule has 0 aromatic heterocycles. The number of benzene rings is 3. The zero-order chi connectivity index (χ0) is 29.0. The minimum atomic E-state index is -4.99. The molecule has 0 fully saturated rings. The second kappa shape index (κ2) is 9.87. The highest BCUT2D eigenvalue weighted by Gasteiger charge is 2.30. The van der Waals surface area contributed by atoms with E-state index in [0.29, 0.717) is 0 Å². The third-order valence-corrected chi connectivity index (χ3v) is 8.50. The Balaban J connectivity index is 2.68. The molecule has 0 saturated carbocycles. The van der Waals surface area contributed by atoms with Gasteiger partial charge in [0.05, 0.1) is 4.90 Å². The van der Waals surface area contributed by atoms with Gasteiger partial charge in [-0.2, -0.15) is 25.3 Å². The summed E-state index contributed by atoms with van der Waals surface area (Å²) in [4.78, 5) is 9.94. The average molecular weight is 583 g/mol. The molecule has 0 aliphatic rings. The molecule has 0 atom stereocenters. The van der Waals surface area contributed by atoms with Crippen molar-refractivity contribution in [1.82, 2.24) is 0 Å². The smallest absolute Gasteiger partial charge is 0.295 e. The van der Waals surface area contributed by atoms with Crippen LogP contribution in [0.25, 0.3) is 22.3 Å². The largest absolute Gasteiger partial charge is 0.326 e. The Bertz CT molecular complexity index is 1800. The summed E-state index contributed by atoms with van der Waals surface area (Å²) in [6, 6.07) is 8.44. The third-order valence-electron chi connectivity index (χ3n) is 5.73. The van der Waals surface area contributed by atoms with E-state index in [-0.39, 0.29) is 50.2 Å². The van der Waals surface area contributed by atoms with Crippen molar-refractivity contribution in [3.05, 3.63) is 58.7 Å². The number of hydrogen-bond acceptors (Lipinski definition) is 7. The van der Waals surface area contributed by atoms with Crippen molar-refractivity contribution >= 4 is 41.9 Å². The van der Waals surface area contributed by atoms with Crippen LogP contribution in [0.5, 0.6) is 0 Å². The predicted octanol–water partition coefficient (Wildman–Crippen LogP) is 3.75. The first-order chi connectivity index (χ1) is 17.2. The maximum absolute atomic E-state index is 12.7. The van der Waals surface area contributed by atoms with Crippen LogP contribution >= 0.6 is 0 Å². The van der Waals surface area contributed by atoms with Gasteiger partial charge in [0, 0.05) is 23.7 Å². The maximum atomic E-state index is 12.7. The molecule has 0 aliphatic heterocycles. The number of anilines is 1. The van der Waals surface area contributed by atoms with Gasteiger partial charge in [-0.15, -0.1) is 0 Å². The van der Waals surface area contributed by atoms with Gasteiger partial charge in [0.2, 0.25) is 5.91 Å². The molecule has 0 bridgehead atoms. The summed E-state index contributed by atoms with van der Waals surface area (Å²) in [6.07, 6.45) is 0. The zero-order valence-electron chi connectivity index (χ0n) is 20.8. The lowest BCUT2D eigenvalue weighted by atomic mass is 9.85. The molecule has 14 heteroatoms. The summed E-state index contributed by atoms with van der Waals surface area (Å²) >= 11 is 0. The Kier molecular flexibility index (Phi) is 7.64. The summed E-state index contributed by atoms with van der Waals surface area (Å²) in [5.74, 6) is -0.492. The molecule has 4 N–H and O–H groups in total. The maximum Gasteiger partial charge on any atom is 0.295 e. The molecule has 38 heavy (non-hydrogen) atoms. The number of carbonyl (C=O) groups excluding carboxylic acids is 1. The fourth-order valence-electron chi connectivity index (χ4n) is 4.49. The van der Waals surface area contributed by atoms with Gasteiger partial charge in [-0.05, 0) is 97.5 Å². The minimum Gasteiger partial charge on any atom is -0.326 e. The van der Waals surface area contributed by atoms with Crippen molar-refractivity contribution in [2.45, 2.75) is 49.3 Å². The molecule has 3 aromatic rings. The van der Waals surface area contributed by atoms with Gasteiger partial charge in [0.25, 0.3) is 30.4 Å². The summed E-state index contributed by atoms with van der Waals surface area (Å²) in [5, 5.41) is 2.49. The molecule has 0 unspecified atom stereocenters. The Hall–Kier alpha value is -3.14. The molecular formula is C24H24NO10S3. The van der Waals surface area contributed by atoms with Gasteiger partial charge < -0.3 is 5.32 Å². The van der Waals surface area contributed by atoms with Crippen molar-refractivity contribution in [3.8, 4) is 22.3 Å². The van der Waals surface area contributed by atoms with Crippen LogP contribution in [0, 0.1) is 33.8 Å². The van der Waals surface area contributed by atoms with E-state index in [1.54, 1.807) is 0 Å². The zero-order valence-corrected chi connectivity index (χ0v) is 23.3. The normalized spacial score (nSPS) is 12.4. The summed E-state index contributed by atoms with van der Waals surface area (Å²) in [5.41, 5.74) is 0.281. The van der Waals surface area contributed by atoms with Crippen LogP contribution in [-0.4, -0.2) is 44.8 Å². The van der Waals surface area contributed by atoms with Crippen molar-refractivity contribution in [2.24, 2.45) is 0 Å². The first-order valence-corrected chi connectivity index (χ1v) is 15.1. The van der Waals surface area contributed by atoms with Gasteiger partial charge in [-0.3, -0.25) is 18.5 Å². The first-order valence-electron chi connectivity index (χ1n) is 10.8. The van der Waals surface area contributed by atoms with E-state index in [1.165, 1.54) is 46.8 Å². The lowest BCUT2D eigenvalue weighted by Gasteiger charge is -2.23. The monoisotopic (exact) mass is 582 g/mol. The number of amides is 1. The molecule has 0 saturated heterocycles. The third kappa shape index (κ3) is 5.80. The Morgan fingerprint density at radius 3 is 1.74 bits per heavy atom. The number of hydrogen-bond donors (Lipinski definition) is 4. The predicted molar refractivity (Wildman–Crippen MR) is 139 cm³/mol. The van der Waals surface area contributed by atoms with E-state index >= 15 is 0 Å². The van der Waals surface area contributed by atoms with Crippen LogP contribution in [-0.2, 0) is 35.1 Å². The highest BCUT2D eigenvalue weighted by Crippen LogP contribution is 2.46. The molecular weight excluding hydrogens is 558 g/mol. The number of carbonyl (C=O) groups is 1. The first kappa shape index (κ1) is 29.4. The van der Waals surface area contributed by atoms with Crippen LogP contribution in [0.1, 0.15) is 29.2 Å². The van der Waals surface area contributed by atoms with Crippen LogP contribution in [0.3, 0.4) is 0 Å². The Morgan fingerprint density at radius 1 is 0.737 bits per heavy atom. The lowest BCUT2D eigenvalue weighted by molar-refractivity contribution is -0.114. The SMILES string of the molecule is CC(=O)Nc1ccc(S(=O)(=O)O)c(-c2c(C)[c]c(C)c(S(=O)(=O)O)c2-c2c(C)cc(S(=O)(=O)O)cc2C)c1. The Labute approximate surface area is 220 Å². The van der Waals surface area contributed by atoms with Crippen LogP contribution in [0.4, 0.5) is 5.69 Å². The van der Waals surface area contributed by atoms with Gasteiger partial charge in [0.15, 0.2) is 0 Å². The van der Waals surface area contributed by atoms with Crippen molar-refractivity contribution in [1.29, 1.82) is 0 Å². The minimum absolute atomic E-state index is 0.0205. The highest BCUT2D eigenvalue weighted by molar-refractivity contribution is 7.86. The van der Waals surface area contributed by atoms with Crippen molar-refractivity contribution in [2.75, 3.05) is 5.32 Å². The lowest BCUT2D eigenvalue weighted by Crippen LogP contribution is -2.11. The van der Waals surface area contributed by atoms with E-state index in [1.807, 2.05) is 0 Å². The van der Waals surface area contributed by atoms with E-state index in [9.17, 15) is 43.7 Å². The summed E-state index contributed by atoms with van der Waals surface area (Å²) in [6.45, 7) is 6.95. The van der Waals surface area contributed by atoms with E-state index in [4.69, 9.17) is 0 Å². The molecule has 0 aliphatic carbocycles. The average Bonchev–Trinajstić information content (AvgIpc) is 2.70. The van der Waals surface area contributed by atoms with Crippen LogP contribution in [0.2, 0.25) is 0 Å². The number of rotatable bonds is 6. The quantitative estimate of drug-likeness (QED) is 0.311. The fourth-order valence-corrected chi connectivity index (χ4v) is 6.72. The second-order valence-corrected chi connectivity index (χ2v) is 12.9. The number of nitrogens with one attached hydrogen (secondary N) is 1. The molecule has 0 spiro atoms. The molecule has 11 nitrogen and oxygen atoms in total. The van der Waals surface area contributed by atoms with E-state index in [2.05, 4.69) is 11.4 Å². The molecule has 3 rings (SSSR count). The Morgan fingerprint density at radius 2 is 1.29 bits per heavy atom. The van der Waals surface area contributed by atoms with Gasteiger partial charge in [-0.1, -0.05) is 0 Å². The van der Waals surface area contributed by atoms with Crippen molar-refractivity contribution < 1.29 is 43.7 Å². The van der Waals surface area contributed by atoms with E-state index < -0.39 is 50.9 Å². The number of aryl methyl sites for hydroxylation is 4.